The van der Waals surface area contributed by atoms with Crippen LogP contribution < -0.4 is 5.73 Å². The standard InChI is InChI=1S/C12H13N5/c1-16-12(14-8-15-16)7-17-6-5-9-10(13)3-2-4-11(9)17/h2-6,8H,7,13H2,1H3. The van der Waals surface area contributed by atoms with Crippen LogP contribution in [-0.4, -0.2) is 19.3 Å². The molecule has 3 aromatic rings. The average Bonchev–Trinajstić information content (AvgIpc) is 2.89. The van der Waals surface area contributed by atoms with E-state index in [1.54, 1.807) is 11.0 Å². The zero-order chi connectivity index (χ0) is 11.8. The van der Waals surface area contributed by atoms with E-state index in [9.17, 15) is 0 Å². The Morgan fingerprint density at radius 1 is 1.29 bits per heavy atom. The molecule has 0 atom stereocenters. The second-order valence-electron chi connectivity index (χ2n) is 4.02. The number of aryl methyl sites for hydroxylation is 1. The quantitative estimate of drug-likeness (QED) is 0.673. The minimum absolute atomic E-state index is 0.698. The number of hydrogen-bond donors (Lipinski definition) is 1. The normalized spacial score (nSPS) is 11.1. The average molecular weight is 227 g/mol. The third-order valence-electron chi connectivity index (χ3n) is 2.96. The lowest BCUT2D eigenvalue weighted by Gasteiger charge is -2.05. The van der Waals surface area contributed by atoms with E-state index in [2.05, 4.69) is 20.7 Å². The fourth-order valence-corrected chi connectivity index (χ4v) is 2.00. The van der Waals surface area contributed by atoms with Crippen LogP contribution in [0.4, 0.5) is 5.69 Å². The lowest BCUT2D eigenvalue weighted by atomic mass is 10.2. The number of nitrogens with two attached hydrogens (primary N) is 1. The molecule has 0 aliphatic rings. The van der Waals surface area contributed by atoms with E-state index in [-0.39, 0.29) is 0 Å². The molecule has 5 nitrogen and oxygen atoms in total. The van der Waals surface area contributed by atoms with Gasteiger partial charge >= 0.3 is 0 Å². The molecule has 0 bridgehead atoms. The van der Waals surface area contributed by atoms with Crippen molar-refractivity contribution >= 4 is 16.6 Å². The maximum Gasteiger partial charge on any atom is 0.146 e. The maximum absolute atomic E-state index is 5.93. The van der Waals surface area contributed by atoms with Gasteiger partial charge in [-0.25, -0.2) is 4.98 Å². The van der Waals surface area contributed by atoms with Crippen LogP contribution in [0.15, 0.2) is 36.8 Å². The Morgan fingerprint density at radius 3 is 2.94 bits per heavy atom. The summed E-state index contributed by atoms with van der Waals surface area (Å²) in [5.41, 5.74) is 7.85. The Kier molecular flexibility index (Phi) is 2.11. The molecule has 3 rings (SSSR count). The van der Waals surface area contributed by atoms with Crippen LogP contribution in [0.1, 0.15) is 5.82 Å². The summed E-state index contributed by atoms with van der Waals surface area (Å²) in [4.78, 5) is 4.22. The largest absolute Gasteiger partial charge is 0.398 e. The van der Waals surface area contributed by atoms with Crippen LogP contribution in [0.5, 0.6) is 0 Å². The Bertz CT molecular complexity index is 664. The van der Waals surface area contributed by atoms with Gasteiger partial charge in [-0.2, -0.15) is 5.10 Å². The van der Waals surface area contributed by atoms with Crippen molar-refractivity contribution < 1.29 is 0 Å². The van der Waals surface area contributed by atoms with Crippen LogP contribution in [-0.2, 0) is 13.6 Å². The van der Waals surface area contributed by atoms with Crippen LogP contribution in [0.25, 0.3) is 10.9 Å². The highest BCUT2D eigenvalue weighted by atomic mass is 15.3. The third kappa shape index (κ3) is 1.56. The highest BCUT2D eigenvalue weighted by Gasteiger charge is 2.06. The number of anilines is 1. The van der Waals surface area contributed by atoms with Crippen LogP contribution in [0.3, 0.4) is 0 Å². The fourth-order valence-electron chi connectivity index (χ4n) is 2.00. The summed E-state index contributed by atoms with van der Waals surface area (Å²) < 4.78 is 3.90. The van der Waals surface area contributed by atoms with E-state index in [1.165, 1.54) is 0 Å². The minimum atomic E-state index is 0.698. The van der Waals surface area contributed by atoms with Crippen molar-refractivity contribution in [3.8, 4) is 0 Å². The molecule has 1 aromatic carbocycles. The lowest BCUT2D eigenvalue weighted by molar-refractivity contribution is 0.664. The number of nitrogens with zero attached hydrogens (tertiary/aromatic N) is 4. The number of aromatic nitrogens is 4. The van der Waals surface area contributed by atoms with Crippen molar-refractivity contribution in [1.82, 2.24) is 19.3 Å². The van der Waals surface area contributed by atoms with E-state index in [0.717, 1.165) is 22.4 Å². The molecule has 0 radical (unpaired) electrons. The first kappa shape index (κ1) is 9.89. The van der Waals surface area contributed by atoms with E-state index < -0.39 is 0 Å². The van der Waals surface area contributed by atoms with E-state index >= 15 is 0 Å². The first-order valence-corrected chi connectivity index (χ1v) is 5.42. The van der Waals surface area contributed by atoms with Gasteiger partial charge in [-0.15, -0.1) is 0 Å². The number of benzene rings is 1. The predicted octanol–water partition coefficient (Wildman–Crippen LogP) is 1.40. The minimum Gasteiger partial charge on any atom is -0.398 e. The van der Waals surface area contributed by atoms with Crippen LogP contribution >= 0.6 is 0 Å². The van der Waals surface area contributed by atoms with Gasteiger partial charge in [0.25, 0.3) is 0 Å². The molecule has 5 heteroatoms. The van der Waals surface area contributed by atoms with E-state index in [1.807, 2.05) is 31.4 Å². The number of fused-ring (bicyclic) bond motifs is 1. The molecule has 2 heterocycles. The summed E-state index contributed by atoms with van der Waals surface area (Å²) in [5, 5.41) is 5.14. The highest BCUT2D eigenvalue weighted by Crippen LogP contribution is 2.22. The topological polar surface area (TPSA) is 61.7 Å². The van der Waals surface area contributed by atoms with Gasteiger partial charge in [0.15, 0.2) is 0 Å². The second kappa shape index (κ2) is 3.62. The van der Waals surface area contributed by atoms with Crippen molar-refractivity contribution in [3.63, 3.8) is 0 Å². The van der Waals surface area contributed by atoms with Gasteiger partial charge in [0.1, 0.15) is 12.2 Å². The maximum atomic E-state index is 5.93. The molecular weight excluding hydrogens is 214 g/mol. The third-order valence-corrected chi connectivity index (χ3v) is 2.96. The highest BCUT2D eigenvalue weighted by molar-refractivity contribution is 5.91. The van der Waals surface area contributed by atoms with Crippen LogP contribution in [0.2, 0.25) is 0 Å². The molecule has 86 valence electrons. The molecule has 2 N–H and O–H groups in total. The number of nitrogen functional groups attached to an aromatic ring is 1. The zero-order valence-corrected chi connectivity index (χ0v) is 9.54. The Morgan fingerprint density at radius 2 is 2.18 bits per heavy atom. The summed E-state index contributed by atoms with van der Waals surface area (Å²) in [7, 11) is 1.89. The van der Waals surface area contributed by atoms with E-state index in [4.69, 9.17) is 5.73 Å². The molecule has 0 aliphatic heterocycles. The zero-order valence-electron chi connectivity index (χ0n) is 9.54. The molecular formula is C12H13N5. The molecule has 17 heavy (non-hydrogen) atoms. The smallest absolute Gasteiger partial charge is 0.146 e. The fraction of sp³-hybridized carbons (Fsp3) is 0.167. The number of rotatable bonds is 2. The van der Waals surface area contributed by atoms with Gasteiger partial charge < -0.3 is 10.3 Å². The first-order chi connectivity index (χ1) is 8.25. The van der Waals surface area contributed by atoms with Gasteiger partial charge in [-0.3, -0.25) is 4.68 Å². The van der Waals surface area contributed by atoms with Crippen LogP contribution in [0, 0.1) is 0 Å². The second-order valence-corrected chi connectivity index (χ2v) is 4.02. The summed E-state index contributed by atoms with van der Waals surface area (Å²) in [6, 6.07) is 7.96. The van der Waals surface area contributed by atoms with Gasteiger partial charge in [-0.05, 0) is 18.2 Å². The Hall–Kier alpha value is -2.30. The molecule has 0 fully saturated rings. The van der Waals surface area contributed by atoms with Crippen molar-refractivity contribution in [3.05, 3.63) is 42.6 Å². The molecule has 0 aliphatic carbocycles. The van der Waals surface area contributed by atoms with Crippen molar-refractivity contribution in [2.24, 2.45) is 7.05 Å². The summed E-state index contributed by atoms with van der Waals surface area (Å²) >= 11 is 0. The van der Waals surface area contributed by atoms with Gasteiger partial charge in [0.05, 0.1) is 12.1 Å². The summed E-state index contributed by atoms with van der Waals surface area (Å²) in [6.45, 7) is 0.698. The molecule has 0 saturated carbocycles. The van der Waals surface area contributed by atoms with Crippen molar-refractivity contribution in [2.45, 2.75) is 6.54 Å². The van der Waals surface area contributed by atoms with Gasteiger partial charge in [0, 0.05) is 24.3 Å². The Labute approximate surface area is 98.5 Å². The van der Waals surface area contributed by atoms with Gasteiger partial charge in [-0.1, -0.05) is 6.07 Å². The monoisotopic (exact) mass is 227 g/mol. The molecule has 0 saturated heterocycles. The molecule has 0 unspecified atom stereocenters. The molecule has 2 aromatic heterocycles. The van der Waals surface area contributed by atoms with Crippen molar-refractivity contribution in [1.29, 1.82) is 0 Å². The SMILES string of the molecule is Cn1ncnc1Cn1ccc2c(N)cccc21. The Balaban J connectivity index is 2.07. The molecule has 0 spiro atoms. The van der Waals surface area contributed by atoms with E-state index in [0.29, 0.717) is 6.54 Å². The number of hydrogen-bond acceptors (Lipinski definition) is 3. The lowest BCUT2D eigenvalue weighted by Crippen LogP contribution is -2.05. The molecule has 0 amide bonds. The summed E-state index contributed by atoms with van der Waals surface area (Å²) in [5.74, 6) is 0.921. The van der Waals surface area contributed by atoms with Gasteiger partial charge in [0.2, 0.25) is 0 Å². The first-order valence-electron chi connectivity index (χ1n) is 5.42. The van der Waals surface area contributed by atoms with Crippen molar-refractivity contribution in [2.75, 3.05) is 5.73 Å². The summed E-state index contributed by atoms with van der Waals surface area (Å²) in [6.07, 6.45) is 3.59. The predicted molar refractivity (Wildman–Crippen MR) is 66.5 cm³/mol.